The van der Waals surface area contributed by atoms with E-state index >= 15 is 0 Å². The molecule has 1 aliphatic rings. The highest BCUT2D eigenvalue weighted by molar-refractivity contribution is 7.89. The molecule has 7 nitrogen and oxygen atoms in total. The minimum absolute atomic E-state index is 0.118. The van der Waals surface area contributed by atoms with Gasteiger partial charge in [0.05, 0.1) is 22.2 Å². The fourth-order valence-electron chi connectivity index (χ4n) is 3.93. The molecule has 3 aromatic carbocycles. The predicted octanol–water partition coefficient (Wildman–Crippen LogP) is 2.86. The number of carbonyl (C=O) groups is 1. The summed E-state index contributed by atoms with van der Waals surface area (Å²) in [5.74, 6) is -0.118. The van der Waals surface area contributed by atoms with Crippen LogP contribution in [0.5, 0.6) is 0 Å². The quantitative estimate of drug-likeness (QED) is 0.552. The van der Waals surface area contributed by atoms with Crippen molar-refractivity contribution in [2.75, 3.05) is 26.2 Å². The van der Waals surface area contributed by atoms with Crippen molar-refractivity contribution in [1.82, 2.24) is 19.4 Å². The number of H-pyrrole nitrogens is 1. The Morgan fingerprint density at radius 3 is 2.40 bits per heavy atom. The number of sulfonamides is 1. The molecule has 1 amide bonds. The van der Waals surface area contributed by atoms with Crippen molar-refractivity contribution in [3.05, 3.63) is 72.4 Å². The van der Waals surface area contributed by atoms with Gasteiger partial charge in [-0.3, -0.25) is 9.89 Å². The van der Waals surface area contributed by atoms with E-state index in [0.717, 1.165) is 16.2 Å². The maximum atomic E-state index is 13.1. The van der Waals surface area contributed by atoms with Gasteiger partial charge in [-0.1, -0.05) is 42.5 Å². The summed E-state index contributed by atoms with van der Waals surface area (Å²) in [6.07, 6.45) is 1.68. The molecule has 2 heterocycles. The topological polar surface area (TPSA) is 86.4 Å². The summed E-state index contributed by atoms with van der Waals surface area (Å²) in [4.78, 5) is 15.0. The standard InChI is InChI=1S/C22H20N4O3S/c27-22(20-7-3-6-18-15-23-24-21(18)20)25-10-12-26(13-11-25)30(28,29)19-9-8-16-4-1-2-5-17(16)14-19/h1-9,14-15H,10-13H2,(H,23,24). The molecule has 0 saturated carbocycles. The Balaban J connectivity index is 1.34. The number of hydrogen-bond acceptors (Lipinski definition) is 4. The number of nitrogens with zero attached hydrogens (tertiary/aromatic N) is 3. The van der Waals surface area contributed by atoms with E-state index in [2.05, 4.69) is 10.2 Å². The number of aromatic nitrogens is 2. The second kappa shape index (κ2) is 7.23. The summed E-state index contributed by atoms with van der Waals surface area (Å²) in [5.41, 5.74) is 1.25. The van der Waals surface area contributed by atoms with Crippen molar-refractivity contribution in [3.63, 3.8) is 0 Å². The number of rotatable bonds is 3. The molecule has 4 aromatic rings. The summed E-state index contributed by atoms with van der Waals surface area (Å²) in [5, 5.41) is 9.64. The van der Waals surface area contributed by atoms with E-state index in [1.54, 1.807) is 29.3 Å². The first-order valence-electron chi connectivity index (χ1n) is 9.74. The number of hydrogen-bond donors (Lipinski definition) is 1. The highest BCUT2D eigenvalue weighted by Crippen LogP contribution is 2.24. The van der Waals surface area contributed by atoms with Gasteiger partial charge in [-0.2, -0.15) is 9.40 Å². The Bertz CT molecular complexity index is 1360. The van der Waals surface area contributed by atoms with Crippen LogP contribution in [0.25, 0.3) is 21.7 Å². The minimum Gasteiger partial charge on any atom is -0.336 e. The van der Waals surface area contributed by atoms with Gasteiger partial charge in [0, 0.05) is 31.6 Å². The van der Waals surface area contributed by atoms with Crippen LogP contribution in [0, 0.1) is 0 Å². The number of aromatic amines is 1. The maximum Gasteiger partial charge on any atom is 0.256 e. The van der Waals surface area contributed by atoms with Crippen LogP contribution in [0.1, 0.15) is 10.4 Å². The average molecular weight is 420 g/mol. The lowest BCUT2D eigenvalue weighted by Crippen LogP contribution is -2.50. The first-order valence-corrected chi connectivity index (χ1v) is 11.2. The molecule has 0 unspecified atom stereocenters. The van der Waals surface area contributed by atoms with Gasteiger partial charge in [0.2, 0.25) is 10.0 Å². The Morgan fingerprint density at radius 1 is 0.867 bits per heavy atom. The fraction of sp³-hybridized carbons (Fsp3) is 0.182. The molecule has 1 aliphatic heterocycles. The number of benzene rings is 3. The van der Waals surface area contributed by atoms with Crippen LogP contribution in [0.3, 0.4) is 0 Å². The van der Waals surface area contributed by atoms with Crippen LogP contribution >= 0.6 is 0 Å². The smallest absolute Gasteiger partial charge is 0.256 e. The van der Waals surface area contributed by atoms with Crippen molar-refractivity contribution in [1.29, 1.82) is 0 Å². The van der Waals surface area contributed by atoms with Crippen molar-refractivity contribution in [3.8, 4) is 0 Å². The normalized spacial score (nSPS) is 15.7. The number of fused-ring (bicyclic) bond motifs is 2. The second-order valence-electron chi connectivity index (χ2n) is 7.35. The zero-order chi connectivity index (χ0) is 20.7. The maximum absolute atomic E-state index is 13.1. The largest absolute Gasteiger partial charge is 0.336 e. The van der Waals surface area contributed by atoms with E-state index in [-0.39, 0.29) is 23.9 Å². The lowest BCUT2D eigenvalue weighted by atomic mass is 10.1. The van der Waals surface area contributed by atoms with Gasteiger partial charge in [0.15, 0.2) is 0 Å². The van der Waals surface area contributed by atoms with Crippen molar-refractivity contribution >= 4 is 37.6 Å². The third-order valence-electron chi connectivity index (χ3n) is 5.59. The Labute approximate surface area is 174 Å². The molecule has 1 saturated heterocycles. The zero-order valence-corrected chi connectivity index (χ0v) is 17.0. The van der Waals surface area contributed by atoms with E-state index in [4.69, 9.17) is 0 Å². The number of amides is 1. The molecule has 1 N–H and O–H groups in total. The zero-order valence-electron chi connectivity index (χ0n) is 16.2. The summed E-state index contributed by atoms with van der Waals surface area (Å²) in [6.45, 7) is 1.21. The third-order valence-corrected chi connectivity index (χ3v) is 7.49. The molecule has 0 aliphatic carbocycles. The molecule has 30 heavy (non-hydrogen) atoms. The number of piperazine rings is 1. The van der Waals surface area contributed by atoms with Crippen molar-refractivity contribution in [2.45, 2.75) is 4.90 Å². The first kappa shape index (κ1) is 18.8. The van der Waals surface area contributed by atoms with Gasteiger partial charge in [-0.25, -0.2) is 8.42 Å². The van der Waals surface area contributed by atoms with Crippen LogP contribution in [0.4, 0.5) is 0 Å². The molecule has 0 atom stereocenters. The van der Waals surface area contributed by atoms with Crippen LogP contribution in [0.15, 0.2) is 71.8 Å². The summed E-state index contributed by atoms with van der Waals surface area (Å²) < 4.78 is 27.7. The first-order chi connectivity index (χ1) is 14.5. The van der Waals surface area contributed by atoms with E-state index in [1.807, 2.05) is 42.5 Å². The van der Waals surface area contributed by atoms with Crippen LogP contribution < -0.4 is 0 Å². The van der Waals surface area contributed by atoms with Gasteiger partial charge >= 0.3 is 0 Å². The van der Waals surface area contributed by atoms with E-state index in [9.17, 15) is 13.2 Å². The number of carbonyl (C=O) groups excluding carboxylic acids is 1. The monoisotopic (exact) mass is 420 g/mol. The fourth-order valence-corrected chi connectivity index (χ4v) is 5.38. The highest BCUT2D eigenvalue weighted by atomic mass is 32.2. The molecule has 5 rings (SSSR count). The minimum atomic E-state index is -3.61. The molecule has 0 radical (unpaired) electrons. The van der Waals surface area contributed by atoms with Crippen LogP contribution in [-0.2, 0) is 10.0 Å². The van der Waals surface area contributed by atoms with Gasteiger partial charge in [0.1, 0.15) is 0 Å². The highest BCUT2D eigenvalue weighted by Gasteiger charge is 2.31. The Hall–Kier alpha value is -3.23. The summed E-state index contributed by atoms with van der Waals surface area (Å²) in [7, 11) is -3.61. The molecular weight excluding hydrogens is 400 g/mol. The average Bonchev–Trinajstić information content (AvgIpc) is 3.27. The second-order valence-corrected chi connectivity index (χ2v) is 9.28. The lowest BCUT2D eigenvalue weighted by molar-refractivity contribution is 0.0699. The van der Waals surface area contributed by atoms with E-state index in [1.165, 1.54) is 4.31 Å². The third kappa shape index (κ3) is 3.14. The molecule has 0 bridgehead atoms. The molecule has 1 aromatic heterocycles. The lowest BCUT2D eigenvalue weighted by Gasteiger charge is -2.34. The van der Waals surface area contributed by atoms with E-state index in [0.29, 0.717) is 24.2 Å². The SMILES string of the molecule is O=C(c1cccc2cn[nH]c12)N1CCN(S(=O)(=O)c2ccc3ccccc3c2)CC1. The van der Waals surface area contributed by atoms with Crippen molar-refractivity contribution < 1.29 is 13.2 Å². The molecule has 0 spiro atoms. The van der Waals surface area contributed by atoms with Crippen molar-refractivity contribution in [2.24, 2.45) is 0 Å². The van der Waals surface area contributed by atoms with Crippen LogP contribution in [0.2, 0.25) is 0 Å². The predicted molar refractivity (Wildman–Crippen MR) is 115 cm³/mol. The van der Waals surface area contributed by atoms with E-state index < -0.39 is 10.0 Å². The van der Waals surface area contributed by atoms with Gasteiger partial charge in [-0.05, 0) is 29.0 Å². The summed E-state index contributed by atoms with van der Waals surface area (Å²) >= 11 is 0. The molecule has 8 heteroatoms. The van der Waals surface area contributed by atoms with Gasteiger partial charge in [-0.15, -0.1) is 0 Å². The molecule has 152 valence electrons. The Kier molecular flexibility index (Phi) is 4.52. The van der Waals surface area contributed by atoms with Gasteiger partial charge in [0.25, 0.3) is 5.91 Å². The summed E-state index contributed by atoms with van der Waals surface area (Å²) in [6, 6.07) is 18.3. The Morgan fingerprint density at radius 2 is 1.60 bits per heavy atom. The number of para-hydroxylation sites is 1. The number of nitrogens with one attached hydrogen (secondary N) is 1. The van der Waals surface area contributed by atoms with Gasteiger partial charge < -0.3 is 4.90 Å². The molecular formula is C22H20N4O3S. The molecule has 1 fully saturated rings. The van der Waals surface area contributed by atoms with Crippen LogP contribution in [-0.4, -0.2) is 59.9 Å².